The van der Waals surface area contributed by atoms with Gasteiger partial charge in [-0.3, -0.25) is 0 Å². The molecule has 0 aliphatic carbocycles. The first kappa shape index (κ1) is 10.4. The Labute approximate surface area is 77.7 Å². The lowest BCUT2D eigenvalue weighted by Crippen LogP contribution is -2.47. The van der Waals surface area contributed by atoms with Crippen LogP contribution in [0.5, 0.6) is 0 Å². The van der Waals surface area contributed by atoms with Crippen molar-refractivity contribution in [2.75, 3.05) is 19.0 Å². The van der Waals surface area contributed by atoms with Gasteiger partial charge in [-0.05, 0) is 13.3 Å². The van der Waals surface area contributed by atoms with Crippen LogP contribution in [0.2, 0.25) is 0 Å². The molecule has 1 aliphatic heterocycles. The fraction of sp³-hybridized carbons (Fsp3) is 0.857. The summed E-state index contributed by atoms with van der Waals surface area (Å²) in [5.41, 5.74) is -0.532. The minimum Gasteiger partial charge on any atom is -0.379 e. The van der Waals surface area contributed by atoms with Crippen molar-refractivity contribution in [2.24, 2.45) is 0 Å². The average molecular weight is 204 g/mol. The molecule has 74 valence electrons. The highest BCUT2D eigenvalue weighted by Gasteiger charge is 2.33. The van der Waals surface area contributed by atoms with Gasteiger partial charge in [-0.25, -0.2) is 13.1 Å². The molecule has 1 atom stereocenters. The summed E-state index contributed by atoms with van der Waals surface area (Å²) < 4.78 is 29.9. The number of rotatable bonds is 3. The third-order valence-corrected chi connectivity index (χ3v) is 3.19. The second-order valence-electron chi connectivity index (χ2n) is 3.38. The van der Waals surface area contributed by atoms with Gasteiger partial charge in [0.2, 0.25) is 10.0 Å². The highest BCUT2D eigenvalue weighted by molar-refractivity contribution is 7.89. The Morgan fingerprint density at radius 2 is 2.38 bits per heavy atom. The molecule has 0 radical (unpaired) electrons. The molecule has 1 saturated heterocycles. The summed E-state index contributed by atoms with van der Waals surface area (Å²) in [6.07, 6.45) is 0.650. The zero-order valence-electron chi connectivity index (χ0n) is 7.41. The Balaban J connectivity index is 2.63. The van der Waals surface area contributed by atoms with Crippen LogP contribution in [0, 0.1) is 11.3 Å². The van der Waals surface area contributed by atoms with Crippen molar-refractivity contribution in [3.05, 3.63) is 0 Å². The van der Waals surface area contributed by atoms with Crippen LogP contribution in [0.25, 0.3) is 0 Å². The highest BCUT2D eigenvalue weighted by Crippen LogP contribution is 2.18. The van der Waals surface area contributed by atoms with Gasteiger partial charge in [0.25, 0.3) is 0 Å². The van der Waals surface area contributed by atoms with Gasteiger partial charge in [-0.1, -0.05) is 0 Å². The Kier molecular flexibility index (Phi) is 2.91. The predicted molar refractivity (Wildman–Crippen MR) is 46.4 cm³/mol. The molecular weight excluding hydrogens is 192 g/mol. The molecular formula is C7H12N2O3S. The number of hydrogen-bond donors (Lipinski definition) is 1. The second kappa shape index (κ2) is 3.62. The van der Waals surface area contributed by atoms with E-state index in [1.807, 2.05) is 0 Å². The van der Waals surface area contributed by atoms with E-state index in [4.69, 9.17) is 10.00 Å². The first-order valence-electron chi connectivity index (χ1n) is 3.94. The van der Waals surface area contributed by atoms with Gasteiger partial charge >= 0.3 is 0 Å². The maximum atomic E-state index is 11.2. The summed E-state index contributed by atoms with van der Waals surface area (Å²) in [6, 6.07) is 1.61. The number of nitrogens with one attached hydrogen (secondary N) is 1. The van der Waals surface area contributed by atoms with Crippen molar-refractivity contribution in [2.45, 2.75) is 18.9 Å². The van der Waals surface area contributed by atoms with Gasteiger partial charge in [0.15, 0.2) is 5.75 Å². The number of nitrogens with zero attached hydrogens (tertiary/aromatic N) is 1. The molecule has 1 fully saturated rings. The van der Waals surface area contributed by atoms with E-state index in [1.54, 1.807) is 13.0 Å². The third-order valence-electron chi connectivity index (χ3n) is 1.88. The molecule has 0 saturated carbocycles. The monoisotopic (exact) mass is 204 g/mol. The number of sulfonamides is 1. The Hall–Kier alpha value is -0.640. The molecule has 13 heavy (non-hydrogen) atoms. The van der Waals surface area contributed by atoms with E-state index in [2.05, 4.69) is 4.72 Å². The smallest absolute Gasteiger partial charge is 0.225 e. The minimum atomic E-state index is -3.46. The van der Waals surface area contributed by atoms with E-state index in [-0.39, 0.29) is 0 Å². The summed E-state index contributed by atoms with van der Waals surface area (Å²) in [5, 5.41) is 8.26. The van der Waals surface area contributed by atoms with E-state index in [0.29, 0.717) is 19.6 Å². The molecule has 0 spiro atoms. The lowest BCUT2D eigenvalue weighted by atomic mass is 10.0. The van der Waals surface area contributed by atoms with Gasteiger partial charge in [-0.15, -0.1) is 0 Å². The Morgan fingerprint density at radius 1 is 1.69 bits per heavy atom. The molecule has 0 bridgehead atoms. The molecule has 1 N–H and O–H groups in total. The van der Waals surface area contributed by atoms with Gasteiger partial charge in [-0.2, -0.15) is 5.26 Å². The normalized spacial score (nSPS) is 28.6. The molecule has 1 unspecified atom stereocenters. The molecule has 0 amide bonds. The van der Waals surface area contributed by atoms with Crippen LogP contribution in [0.3, 0.4) is 0 Å². The van der Waals surface area contributed by atoms with Gasteiger partial charge in [0, 0.05) is 6.61 Å². The summed E-state index contributed by atoms with van der Waals surface area (Å²) in [6.45, 7) is 2.71. The fourth-order valence-corrected chi connectivity index (χ4v) is 2.40. The Morgan fingerprint density at radius 3 is 2.85 bits per heavy atom. The van der Waals surface area contributed by atoms with Crippen LogP contribution < -0.4 is 4.72 Å². The standard InChI is InChI=1S/C7H12N2O3S/c1-7(2-4-12-6-7)9-13(10,11)5-3-8/h9H,2,4-6H2,1H3. The molecule has 0 aromatic heterocycles. The van der Waals surface area contributed by atoms with Crippen LogP contribution in [0.4, 0.5) is 0 Å². The van der Waals surface area contributed by atoms with Crippen molar-refractivity contribution in [1.29, 1.82) is 5.26 Å². The molecule has 1 heterocycles. The second-order valence-corrected chi connectivity index (χ2v) is 5.10. The van der Waals surface area contributed by atoms with Gasteiger partial charge in [0.05, 0.1) is 18.2 Å². The molecule has 0 aromatic rings. The van der Waals surface area contributed by atoms with Crippen LogP contribution in [-0.4, -0.2) is 32.9 Å². The molecule has 6 heteroatoms. The van der Waals surface area contributed by atoms with E-state index in [0.717, 1.165) is 0 Å². The maximum absolute atomic E-state index is 11.2. The fourth-order valence-electron chi connectivity index (χ4n) is 1.24. The highest BCUT2D eigenvalue weighted by atomic mass is 32.2. The number of nitriles is 1. The summed E-state index contributed by atoms with van der Waals surface area (Å²) in [5.74, 6) is -0.497. The first-order chi connectivity index (χ1) is 5.97. The van der Waals surface area contributed by atoms with Crippen molar-refractivity contribution >= 4 is 10.0 Å². The predicted octanol–water partition coefficient (Wildman–Crippen LogP) is -0.392. The lowest BCUT2D eigenvalue weighted by molar-refractivity contribution is 0.178. The Bertz CT molecular complexity index is 311. The van der Waals surface area contributed by atoms with Crippen molar-refractivity contribution in [3.8, 4) is 6.07 Å². The average Bonchev–Trinajstić information content (AvgIpc) is 2.33. The summed E-state index contributed by atoms with van der Waals surface area (Å²) in [7, 11) is -3.46. The summed E-state index contributed by atoms with van der Waals surface area (Å²) >= 11 is 0. The molecule has 1 rings (SSSR count). The van der Waals surface area contributed by atoms with Crippen molar-refractivity contribution < 1.29 is 13.2 Å². The molecule has 0 aromatic carbocycles. The van der Waals surface area contributed by atoms with Gasteiger partial charge in [0.1, 0.15) is 0 Å². The van der Waals surface area contributed by atoms with E-state index in [9.17, 15) is 8.42 Å². The zero-order valence-corrected chi connectivity index (χ0v) is 8.23. The molecule has 1 aliphatic rings. The SMILES string of the molecule is CC1(NS(=O)(=O)CC#N)CCOC1. The number of hydrogen-bond acceptors (Lipinski definition) is 4. The van der Waals surface area contributed by atoms with Crippen molar-refractivity contribution in [3.63, 3.8) is 0 Å². The van der Waals surface area contributed by atoms with E-state index < -0.39 is 21.3 Å². The van der Waals surface area contributed by atoms with Gasteiger partial charge < -0.3 is 4.74 Å². The van der Waals surface area contributed by atoms with E-state index in [1.165, 1.54) is 0 Å². The van der Waals surface area contributed by atoms with E-state index >= 15 is 0 Å². The van der Waals surface area contributed by atoms with Crippen LogP contribution >= 0.6 is 0 Å². The third kappa shape index (κ3) is 2.95. The van der Waals surface area contributed by atoms with Crippen LogP contribution in [0.15, 0.2) is 0 Å². The largest absolute Gasteiger partial charge is 0.379 e. The topological polar surface area (TPSA) is 79.2 Å². The lowest BCUT2D eigenvalue weighted by Gasteiger charge is -2.22. The molecule has 5 nitrogen and oxygen atoms in total. The van der Waals surface area contributed by atoms with Crippen LogP contribution in [0.1, 0.15) is 13.3 Å². The zero-order chi connectivity index (χ0) is 9.95. The first-order valence-corrected chi connectivity index (χ1v) is 5.59. The quantitative estimate of drug-likeness (QED) is 0.679. The number of ether oxygens (including phenoxy) is 1. The minimum absolute atomic E-state index is 0.373. The summed E-state index contributed by atoms with van der Waals surface area (Å²) in [4.78, 5) is 0. The maximum Gasteiger partial charge on any atom is 0.225 e. The van der Waals surface area contributed by atoms with Crippen molar-refractivity contribution in [1.82, 2.24) is 4.72 Å². The van der Waals surface area contributed by atoms with Crippen LogP contribution in [-0.2, 0) is 14.8 Å².